The molecule has 4 heteroatoms. The van der Waals surface area contributed by atoms with Gasteiger partial charge in [0.2, 0.25) is 0 Å². The lowest BCUT2D eigenvalue weighted by atomic mass is 10.1. The highest BCUT2D eigenvalue weighted by molar-refractivity contribution is 6.30. The van der Waals surface area contributed by atoms with Gasteiger partial charge in [-0.25, -0.2) is 0 Å². The van der Waals surface area contributed by atoms with E-state index in [1.807, 2.05) is 12.1 Å². The molecule has 1 aromatic carbocycles. The lowest BCUT2D eigenvalue weighted by Crippen LogP contribution is -2.36. The zero-order valence-electron chi connectivity index (χ0n) is 11.0. The second kappa shape index (κ2) is 6.53. The van der Waals surface area contributed by atoms with Crippen molar-refractivity contribution in [2.24, 2.45) is 5.73 Å². The average molecular weight is 268 g/mol. The second-order valence-corrected chi connectivity index (χ2v) is 5.43. The van der Waals surface area contributed by atoms with Crippen molar-refractivity contribution in [3.63, 3.8) is 0 Å². The normalized spacial score (nSPS) is 20.6. The van der Waals surface area contributed by atoms with Crippen molar-refractivity contribution in [2.75, 3.05) is 39.8 Å². The number of nitrogens with two attached hydrogens (primary N) is 1. The van der Waals surface area contributed by atoms with E-state index in [-0.39, 0.29) is 0 Å². The van der Waals surface area contributed by atoms with E-state index in [4.69, 9.17) is 17.3 Å². The number of hydrogen-bond donors (Lipinski definition) is 1. The lowest BCUT2D eigenvalue weighted by Gasteiger charge is -2.30. The Labute approximate surface area is 115 Å². The summed E-state index contributed by atoms with van der Waals surface area (Å²) in [5.74, 6) is 0. The van der Waals surface area contributed by atoms with Crippen LogP contribution in [0, 0.1) is 0 Å². The molecule has 0 aromatic heterocycles. The molecule has 0 aliphatic carbocycles. The van der Waals surface area contributed by atoms with E-state index in [0.717, 1.165) is 24.7 Å². The molecular formula is C14H22ClN3. The smallest absolute Gasteiger partial charge is 0.0471 e. The molecule has 1 saturated heterocycles. The molecular weight excluding hydrogens is 246 g/mol. The quantitative estimate of drug-likeness (QED) is 0.909. The van der Waals surface area contributed by atoms with E-state index in [0.29, 0.717) is 12.6 Å². The molecule has 0 bridgehead atoms. The molecule has 1 atom stereocenters. The number of halogens is 1. The first-order valence-corrected chi connectivity index (χ1v) is 6.96. The van der Waals surface area contributed by atoms with Crippen LogP contribution in [0.3, 0.4) is 0 Å². The first-order chi connectivity index (χ1) is 8.70. The number of nitrogens with zero attached hydrogens (tertiary/aromatic N) is 2. The molecule has 100 valence electrons. The van der Waals surface area contributed by atoms with Gasteiger partial charge in [0.15, 0.2) is 0 Å². The third-order valence-electron chi connectivity index (χ3n) is 3.67. The van der Waals surface area contributed by atoms with Gasteiger partial charge in [-0.1, -0.05) is 23.7 Å². The molecule has 2 N–H and O–H groups in total. The van der Waals surface area contributed by atoms with Crippen LogP contribution in [0.1, 0.15) is 18.0 Å². The van der Waals surface area contributed by atoms with Crippen LogP contribution in [0.5, 0.6) is 0 Å². The predicted molar refractivity (Wildman–Crippen MR) is 76.9 cm³/mol. The molecule has 2 rings (SSSR count). The van der Waals surface area contributed by atoms with Crippen LogP contribution in [0.2, 0.25) is 5.02 Å². The van der Waals surface area contributed by atoms with Crippen molar-refractivity contribution in [3.05, 3.63) is 34.9 Å². The molecule has 18 heavy (non-hydrogen) atoms. The monoisotopic (exact) mass is 267 g/mol. The Hall–Kier alpha value is -0.610. The van der Waals surface area contributed by atoms with Gasteiger partial charge in [0, 0.05) is 37.2 Å². The third kappa shape index (κ3) is 3.45. The van der Waals surface area contributed by atoms with E-state index < -0.39 is 0 Å². The topological polar surface area (TPSA) is 32.5 Å². The summed E-state index contributed by atoms with van der Waals surface area (Å²) in [7, 11) is 2.18. The highest BCUT2D eigenvalue weighted by atomic mass is 35.5. The number of hydrogen-bond acceptors (Lipinski definition) is 3. The summed E-state index contributed by atoms with van der Waals surface area (Å²) in [5, 5.41) is 0.783. The molecule has 1 heterocycles. The van der Waals surface area contributed by atoms with Crippen LogP contribution < -0.4 is 5.73 Å². The van der Waals surface area contributed by atoms with Gasteiger partial charge < -0.3 is 10.6 Å². The molecule has 3 nitrogen and oxygen atoms in total. The SMILES string of the molecule is CN1CCCN(C(CN)c2ccc(Cl)cc2)CC1. The Kier molecular flexibility index (Phi) is 5.01. The Morgan fingerprint density at radius 2 is 1.89 bits per heavy atom. The molecule has 0 radical (unpaired) electrons. The van der Waals surface area contributed by atoms with Crippen molar-refractivity contribution >= 4 is 11.6 Å². The molecule has 1 unspecified atom stereocenters. The van der Waals surface area contributed by atoms with E-state index in [9.17, 15) is 0 Å². The zero-order chi connectivity index (χ0) is 13.0. The van der Waals surface area contributed by atoms with Gasteiger partial charge in [-0.05, 0) is 37.7 Å². The molecule has 0 spiro atoms. The minimum atomic E-state index is 0.314. The maximum Gasteiger partial charge on any atom is 0.0471 e. The van der Waals surface area contributed by atoms with Crippen LogP contribution in [0.15, 0.2) is 24.3 Å². The van der Waals surface area contributed by atoms with Crippen LogP contribution in [-0.2, 0) is 0 Å². The summed E-state index contributed by atoms with van der Waals surface area (Å²) in [5.41, 5.74) is 7.24. The van der Waals surface area contributed by atoms with Gasteiger partial charge in [0.25, 0.3) is 0 Å². The van der Waals surface area contributed by atoms with Gasteiger partial charge in [-0.3, -0.25) is 4.90 Å². The molecule has 1 aromatic rings. The van der Waals surface area contributed by atoms with E-state index in [1.54, 1.807) is 0 Å². The van der Waals surface area contributed by atoms with Crippen LogP contribution in [0.25, 0.3) is 0 Å². The van der Waals surface area contributed by atoms with Crippen molar-refractivity contribution in [3.8, 4) is 0 Å². The second-order valence-electron chi connectivity index (χ2n) is 5.00. The van der Waals surface area contributed by atoms with Crippen LogP contribution in [-0.4, -0.2) is 49.6 Å². The summed E-state index contributed by atoms with van der Waals surface area (Å²) >= 11 is 5.94. The number of rotatable bonds is 3. The Morgan fingerprint density at radius 1 is 1.17 bits per heavy atom. The lowest BCUT2D eigenvalue weighted by molar-refractivity contribution is 0.208. The Balaban J connectivity index is 2.09. The van der Waals surface area contributed by atoms with Crippen molar-refractivity contribution in [2.45, 2.75) is 12.5 Å². The molecule has 1 aliphatic rings. The van der Waals surface area contributed by atoms with Crippen molar-refractivity contribution < 1.29 is 0 Å². The summed E-state index contributed by atoms with van der Waals surface area (Å²) in [4.78, 5) is 4.88. The highest BCUT2D eigenvalue weighted by Crippen LogP contribution is 2.22. The third-order valence-corrected chi connectivity index (χ3v) is 3.92. The summed E-state index contributed by atoms with van der Waals surface area (Å²) in [6, 6.07) is 8.39. The fourth-order valence-electron chi connectivity index (χ4n) is 2.56. The minimum Gasteiger partial charge on any atom is -0.329 e. The van der Waals surface area contributed by atoms with Crippen LogP contribution >= 0.6 is 11.6 Å². The standard InChI is InChI=1S/C14H22ClN3/c1-17-7-2-8-18(10-9-17)14(11-16)12-3-5-13(15)6-4-12/h3-6,14H,2,7-11,16H2,1H3. The maximum absolute atomic E-state index is 5.97. The van der Waals surface area contributed by atoms with E-state index >= 15 is 0 Å². The number of benzene rings is 1. The van der Waals surface area contributed by atoms with Gasteiger partial charge in [0.05, 0.1) is 0 Å². The Morgan fingerprint density at radius 3 is 2.56 bits per heavy atom. The maximum atomic E-state index is 5.97. The summed E-state index contributed by atoms with van der Waals surface area (Å²) < 4.78 is 0. The molecule has 0 amide bonds. The molecule has 0 saturated carbocycles. The summed E-state index contributed by atoms with van der Waals surface area (Å²) in [6.45, 7) is 5.15. The number of likely N-dealkylation sites (N-methyl/N-ethyl adjacent to an activating group) is 1. The van der Waals surface area contributed by atoms with E-state index in [2.05, 4.69) is 29.0 Å². The largest absolute Gasteiger partial charge is 0.329 e. The van der Waals surface area contributed by atoms with Crippen molar-refractivity contribution in [1.82, 2.24) is 9.80 Å². The first kappa shape index (κ1) is 13.8. The fourth-order valence-corrected chi connectivity index (χ4v) is 2.69. The predicted octanol–water partition coefficient (Wildman–Crippen LogP) is 1.98. The first-order valence-electron chi connectivity index (χ1n) is 6.59. The molecule has 1 fully saturated rings. The van der Waals surface area contributed by atoms with E-state index in [1.165, 1.54) is 18.5 Å². The van der Waals surface area contributed by atoms with Gasteiger partial charge in [0.1, 0.15) is 0 Å². The Bertz CT molecular complexity index is 366. The fraction of sp³-hybridized carbons (Fsp3) is 0.571. The van der Waals surface area contributed by atoms with Crippen molar-refractivity contribution in [1.29, 1.82) is 0 Å². The highest BCUT2D eigenvalue weighted by Gasteiger charge is 2.21. The van der Waals surface area contributed by atoms with Gasteiger partial charge >= 0.3 is 0 Å². The summed E-state index contributed by atoms with van der Waals surface area (Å²) in [6.07, 6.45) is 1.21. The van der Waals surface area contributed by atoms with Gasteiger partial charge in [-0.15, -0.1) is 0 Å². The minimum absolute atomic E-state index is 0.314. The zero-order valence-corrected chi connectivity index (χ0v) is 11.7. The van der Waals surface area contributed by atoms with Crippen LogP contribution in [0.4, 0.5) is 0 Å². The van der Waals surface area contributed by atoms with Gasteiger partial charge in [-0.2, -0.15) is 0 Å². The molecule has 1 aliphatic heterocycles. The average Bonchev–Trinajstić information content (AvgIpc) is 2.58.